The number of benzene rings is 3. The number of carbonyl (C=O) groups excluding carboxylic acids is 1. The number of amides is 1. The summed E-state index contributed by atoms with van der Waals surface area (Å²) >= 11 is 0. The molecule has 0 unspecified atom stereocenters. The Bertz CT molecular complexity index is 1180. The van der Waals surface area contributed by atoms with Crippen LogP contribution in [0.4, 0.5) is 10.5 Å². The largest absolute Gasteiger partial charge is 0.491 e. The number of hydrogen-bond donors (Lipinski definition) is 3. The van der Waals surface area contributed by atoms with Crippen LogP contribution in [0.15, 0.2) is 78.9 Å². The van der Waals surface area contributed by atoms with Crippen LogP contribution in [0.2, 0.25) is 0 Å². The van der Waals surface area contributed by atoms with Crippen molar-refractivity contribution in [2.24, 2.45) is 5.41 Å². The number of rotatable bonds is 11. The van der Waals surface area contributed by atoms with Gasteiger partial charge in [0.15, 0.2) is 0 Å². The van der Waals surface area contributed by atoms with Gasteiger partial charge in [0.2, 0.25) is 0 Å². The molecule has 0 fully saturated rings. The highest BCUT2D eigenvalue weighted by molar-refractivity contribution is 6.00. The molecule has 35 heavy (non-hydrogen) atoms. The first-order valence-electron chi connectivity index (χ1n) is 11.5. The normalized spacial score (nSPS) is 12.4. The molecule has 0 aliphatic rings. The summed E-state index contributed by atoms with van der Waals surface area (Å²) in [5, 5.41) is 22.7. The van der Waals surface area contributed by atoms with Crippen LogP contribution >= 0.6 is 0 Å². The topological polar surface area (TPSA) is 105 Å². The number of carbonyl (C=O) groups is 2. The number of hydrogen-bond acceptors (Lipinski definition) is 5. The van der Waals surface area contributed by atoms with Crippen LogP contribution in [0, 0.1) is 5.41 Å². The number of aliphatic hydroxyl groups is 1. The molecule has 3 N–H and O–H groups in total. The number of anilines is 1. The molecule has 0 aliphatic carbocycles. The van der Waals surface area contributed by atoms with Crippen molar-refractivity contribution in [3.05, 3.63) is 84.4 Å². The van der Waals surface area contributed by atoms with Gasteiger partial charge in [-0.15, -0.1) is 0 Å². The van der Waals surface area contributed by atoms with Crippen LogP contribution in [-0.2, 0) is 9.53 Å². The van der Waals surface area contributed by atoms with Crippen LogP contribution in [0.5, 0.6) is 5.75 Å². The minimum atomic E-state index is -1.00. The molecule has 7 nitrogen and oxygen atoms in total. The van der Waals surface area contributed by atoms with Crippen molar-refractivity contribution in [3.63, 3.8) is 0 Å². The molecular formula is C28H31NO6. The quantitative estimate of drug-likeness (QED) is 0.295. The molecule has 0 aromatic heterocycles. The molecule has 0 radical (unpaired) electrons. The number of aliphatic carboxylic acids is 1. The molecule has 1 amide bonds. The van der Waals surface area contributed by atoms with Gasteiger partial charge in [-0.1, -0.05) is 68.5 Å². The van der Waals surface area contributed by atoms with E-state index in [-0.39, 0.29) is 13.2 Å². The standard InChI is InChI=1S/C28H31NO6/c1-28(2,16-6-5-15-25(31)32)26(21-11-7-12-22(19-21)34-18-17-30)35-27(33)29-24-14-8-10-20-9-3-4-13-23(20)24/h3-5,7-15,19,26,30H,6,16-18H2,1-2H3,(H,29,33)(H,31,32)/b15-5+/t26-/m0/s1. The van der Waals surface area contributed by atoms with Crippen molar-refractivity contribution in [3.8, 4) is 5.75 Å². The summed E-state index contributed by atoms with van der Waals surface area (Å²) in [6, 6.07) is 20.7. The highest BCUT2D eigenvalue weighted by Gasteiger charge is 2.34. The van der Waals surface area contributed by atoms with Crippen molar-refractivity contribution in [1.82, 2.24) is 0 Å². The number of allylic oxidation sites excluding steroid dienone is 1. The van der Waals surface area contributed by atoms with Gasteiger partial charge in [-0.05, 0) is 42.0 Å². The lowest BCUT2D eigenvalue weighted by atomic mass is 9.78. The van der Waals surface area contributed by atoms with Crippen molar-refractivity contribution in [1.29, 1.82) is 0 Å². The van der Waals surface area contributed by atoms with Gasteiger partial charge in [0, 0.05) is 16.9 Å². The Morgan fingerprint density at radius 1 is 1.06 bits per heavy atom. The number of fused-ring (bicyclic) bond motifs is 1. The first-order chi connectivity index (χ1) is 16.8. The number of nitrogens with one attached hydrogen (secondary N) is 1. The van der Waals surface area contributed by atoms with Crippen LogP contribution in [0.3, 0.4) is 0 Å². The summed E-state index contributed by atoms with van der Waals surface area (Å²) in [7, 11) is 0. The molecule has 7 heteroatoms. The van der Waals surface area contributed by atoms with Crippen molar-refractivity contribution in [2.75, 3.05) is 18.5 Å². The second kappa shape index (κ2) is 12.0. The Labute approximate surface area is 205 Å². The van der Waals surface area contributed by atoms with Gasteiger partial charge < -0.3 is 19.7 Å². The van der Waals surface area contributed by atoms with E-state index in [4.69, 9.17) is 19.7 Å². The second-order valence-corrected chi connectivity index (χ2v) is 8.85. The van der Waals surface area contributed by atoms with Crippen molar-refractivity contribution >= 4 is 28.5 Å². The predicted molar refractivity (Wildman–Crippen MR) is 136 cm³/mol. The molecule has 3 aromatic rings. The summed E-state index contributed by atoms with van der Waals surface area (Å²) in [6.07, 6.45) is 2.55. The Balaban J connectivity index is 1.85. The summed E-state index contributed by atoms with van der Waals surface area (Å²) in [4.78, 5) is 23.9. The fourth-order valence-electron chi connectivity index (χ4n) is 3.96. The first kappa shape index (κ1) is 25.8. The smallest absolute Gasteiger partial charge is 0.412 e. The Hall–Kier alpha value is -3.84. The van der Waals surface area contributed by atoms with Gasteiger partial charge in [0.1, 0.15) is 18.5 Å². The minimum Gasteiger partial charge on any atom is -0.491 e. The molecular weight excluding hydrogens is 446 g/mol. The van der Waals surface area contributed by atoms with E-state index < -0.39 is 23.6 Å². The van der Waals surface area contributed by atoms with Gasteiger partial charge in [0.05, 0.1) is 12.3 Å². The van der Waals surface area contributed by atoms with Gasteiger partial charge in [0.25, 0.3) is 0 Å². The third kappa shape index (κ3) is 7.32. The van der Waals surface area contributed by atoms with E-state index in [2.05, 4.69) is 5.32 Å². The third-order valence-electron chi connectivity index (χ3n) is 5.70. The average molecular weight is 478 g/mol. The van der Waals surface area contributed by atoms with Crippen LogP contribution in [-0.4, -0.2) is 35.5 Å². The molecule has 0 saturated heterocycles. The summed E-state index contributed by atoms with van der Waals surface area (Å²) in [5.41, 5.74) is 0.851. The molecule has 0 aliphatic heterocycles. The maximum atomic E-state index is 13.1. The zero-order chi connectivity index (χ0) is 25.3. The first-order valence-corrected chi connectivity index (χ1v) is 11.5. The minimum absolute atomic E-state index is 0.112. The molecule has 0 saturated carbocycles. The number of aliphatic hydroxyl groups excluding tert-OH is 1. The predicted octanol–water partition coefficient (Wildman–Crippen LogP) is 5.95. The summed E-state index contributed by atoms with van der Waals surface area (Å²) in [6.45, 7) is 3.98. The van der Waals surface area contributed by atoms with E-state index in [1.807, 2.05) is 62.4 Å². The van der Waals surface area contributed by atoms with Gasteiger partial charge in [-0.2, -0.15) is 0 Å². The fourth-order valence-corrected chi connectivity index (χ4v) is 3.96. The number of carboxylic acid groups (broad SMARTS) is 1. The number of ether oxygens (including phenoxy) is 2. The fraction of sp³-hybridized carbons (Fsp3) is 0.286. The van der Waals surface area contributed by atoms with E-state index in [9.17, 15) is 9.59 Å². The Morgan fingerprint density at radius 3 is 2.57 bits per heavy atom. The van der Waals surface area contributed by atoms with Crippen LogP contribution in [0.1, 0.15) is 38.4 Å². The van der Waals surface area contributed by atoms with Gasteiger partial charge in [-0.3, -0.25) is 5.32 Å². The van der Waals surface area contributed by atoms with Gasteiger partial charge >= 0.3 is 12.1 Å². The highest BCUT2D eigenvalue weighted by atomic mass is 16.6. The maximum absolute atomic E-state index is 13.1. The van der Waals surface area contributed by atoms with E-state index >= 15 is 0 Å². The highest BCUT2D eigenvalue weighted by Crippen LogP contribution is 2.41. The van der Waals surface area contributed by atoms with E-state index in [1.54, 1.807) is 24.3 Å². The van der Waals surface area contributed by atoms with E-state index in [0.29, 0.717) is 24.3 Å². The molecule has 0 spiro atoms. The molecule has 0 heterocycles. The zero-order valence-electron chi connectivity index (χ0n) is 19.9. The van der Waals surface area contributed by atoms with Crippen LogP contribution in [0.25, 0.3) is 10.8 Å². The Morgan fingerprint density at radius 2 is 1.80 bits per heavy atom. The number of carboxylic acids is 1. The lowest BCUT2D eigenvalue weighted by Crippen LogP contribution is -2.29. The summed E-state index contributed by atoms with van der Waals surface area (Å²) < 4.78 is 11.5. The third-order valence-corrected chi connectivity index (χ3v) is 5.70. The molecule has 1 atom stereocenters. The van der Waals surface area contributed by atoms with Crippen LogP contribution < -0.4 is 10.1 Å². The summed E-state index contributed by atoms with van der Waals surface area (Å²) in [5.74, 6) is -0.444. The molecule has 0 bridgehead atoms. The van der Waals surface area contributed by atoms with E-state index in [0.717, 1.165) is 22.4 Å². The molecule has 184 valence electrons. The lowest BCUT2D eigenvalue weighted by molar-refractivity contribution is -0.131. The Kier molecular flexibility index (Phi) is 8.86. The second-order valence-electron chi connectivity index (χ2n) is 8.85. The molecule has 3 aromatic carbocycles. The average Bonchev–Trinajstić information content (AvgIpc) is 2.84. The van der Waals surface area contributed by atoms with Crippen molar-refractivity contribution in [2.45, 2.75) is 32.8 Å². The van der Waals surface area contributed by atoms with Gasteiger partial charge in [-0.25, -0.2) is 9.59 Å². The van der Waals surface area contributed by atoms with E-state index in [1.165, 1.54) is 0 Å². The van der Waals surface area contributed by atoms with Crippen molar-refractivity contribution < 1.29 is 29.3 Å². The molecule has 3 rings (SSSR count). The monoisotopic (exact) mass is 477 g/mol. The maximum Gasteiger partial charge on any atom is 0.412 e. The zero-order valence-corrected chi connectivity index (χ0v) is 19.9. The lowest BCUT2D eigenvalue weighted by Gasteiger charge is -2.34. The SMILES string of the molecule is CC(C)(CC/C=C/C(=O)O)[C@@H](OC(=O)Nc1cccc2ccccc12)c1cccc(OCCO)c1.